The van der Waals surface area contributed by atoms with Crippen LogP contribution in [0.3, 0.4) is 0 Å². The highest BCUT2D eigenvalue weighted by Gasteiger charge is 2.12. The molecule has 3 rings (SSSR count). The molecule has 30 heavy (non-hydrogen) atoms. The van der Waals surface area contributed by atoms with Crippen molar-refractivity contribution < 1.29 is 9.53 Å². The Morgan fingerprint density at radius 2 is 1.90 bits per heavy atom. The van der Waals surface area contributed by atoms with Crippen LogP contribution >= 0.6 is 11.6 Å². The van der Waals surface area contributed by atoms with Crippen LogP contribution in [0.25, 0.3) is 6.08 Å². The molecule has 0 aliphatic heterocycles. The third-order valence-corrected chi connectivity index (χ3v) is 4.97. The van der Waals surface area contributed by atoms with E-state index in [1.165, 1.54) is 0 Å². The minimum atomic E-state index is -0.456. The van der Waals surface area contributed by atoms with Crippen molar-refractivity contribution in [2.24, 2.45) is 0 Å². The normalized spacial score (nSPS) is 10.9. The number of benzene rings is 3. The van der Waals surface area contributed by atoms with Crippen molar-refractivity contribution >= 4 is 29.3 Å². The highest BCUT2D eigenvalue weighted by Crippen LogP contribution is 2.27. The zero-order valence-electron chi connectivity index (χ0n) is 16.8. The standard InChI is InChI=1S/C25H21ClN2O2/c1-17-6-5-8-22(12-17)28-25(29)21(16-27)13-18-10-11-20(24(14-18)30-2)15-19-7-3-4-9-23(19)26/h3-14H,15H2,1-2H3,(H,28,29)/b21-13+. The fourth-order valence-electron chi connectivity index (χ4n) is 3.08. The van der Waals surface area contributed by atoms with E-state index in [0.29, 0.717) is 28.4 Å². The van der Waals surface area contributed by atoms with Crippen molar-refractivity contribution in [1.82, 2.24) is 0 Å². The van der Waals surface area contributed by atoms with E-state index >= 15 is 0 Å². The number of aryl methyl sites for hydroxylation is 1. The molecule has 0 saturated heterocycles. The van der Waals surface area contributed by atoms with E-state index in [1.807, 2.05) is 73.7 Å². The third kappa shape index (κ3) is 5.28. The summed E-state index contributed by atoms with van der Waals surface area (Å²) >= 11 is 6.27. The van der Waals surface area contributed by atoms with Gasteiger partial charge in [-0.3, -0.25) is 4.79 Å². The van der Waals surface area contributed by atoms with Gasteiger partial charge in [0.15, 0.2) is 0 Å². The summed E-state index contributed by atoms with van der Waals surface area (Å²) in [4.78, 5) is 12.5. The number of nitrogens with zero attached hydrogens (tertiary/aromatic N) is 1. The molecule has 5 heteroatoms. The zero-order valence-corrected chi connectivity index (χ0v) is 17.5. The van der Waals surface area contributed by atoms with Crippen molar-refractivity contribution in [3.05, 3.63) is 99.6 Å². The molecule has 0 atom stereocenters. The van der Waals surface area contributed by atoms with Crippen LogP contribution in [-0.4, -0.2) is 13.0 Å². The molecule has 0 aromatic heterocycles. The maximum Gasteiger partial charge on any atom is 0.266 e. The summed E-state index contributed by atoms with van der Waals surface area (Å²) in [5, 5.41) is 12.9. The summed E-state index contributed by atoms with van der Waals surface area (Å²) in [6.07, 6.45) is 2.17. The van der Waals surface area contributed by atoms with E-state index in [2.05, 4.69) is 5.32 Å². The molecular weight excluding hydrogens is 396 g/mol. The Balaban J connectivity index is 1.83. The minimum Gasteiger partial charge on any atom is -0.496 e. The number of hydrogen-bond donors (Lipinski definition) is 1. The molecule has 4 nitrogen and oxygen atoms in total. The van der Waals surface area contributed by atoms with Gasteiger partial charge in [0.1, 0.15) is 17.4 Å². The first-order chi connectivity index (χ1) is 14.5. The van der Waals surface area contributed by atoms with E-state index in [4.69, 9.17) is 16.3 Å². The van der Waals surface area contributed by atoms with Gasteiger partial charge in [-0.25, -0.2) is 0 Å². The average molecular weight is 417 g/mol. The number of anilines is 1. The molecule has 1 amide bonds. The Bertz CT molecular complexity index is 1150. The summed E-state index contributed by atoms with van der Waals surface area (Å²) in [6, 6.07) is 22.6. The van der Waals surface area contributed by atoms with Gasteiger partial charge in [0, 0.05) is 17.1 Å². The number of rotatable bonds is 6. The first-order valence-corrected chi connectivity index (χ1v) is 9.78. The molecule has 0 spiro atoms. The molecule has 0 fully saturated rings. The summed E-state index contributed by atoms with van der Waals surface area (Å²) in [5.41, 5.74) is 4.34. The molecule has 0 aliphatic carbocycles. The summed E-state index contributed by atoms with van der Waals surface area (Å²) < 4.78 is 5.53. The van der Waals surface area contributed by atoms with Gasteiger partial charge in [-0.15, -0.1) is 0 Å². The fraction of sp³-hybridized carbons (Fsp3) is 0.120. The van der Waals surface area contributed by atoms with Crippen LogP contribution in [0.2, 0.25) is 5.02 Å². The van der Waals surface area contributed by atoms with E-state index in [0.717, 1.165) is 16.7 Å². The van der Waals surface area contributed by atoms with Crippen LogP contribution in [0, 0.1) is 18.3 Å². The van der Waals surface area contributed by atoms with Crippen LogP contribution < -0.4 is 10.1 Å². The van der Waals surface area contributed by atoms with Gasteiger partial charge in [0.25, 0.3) is 5.91 Å². The van der Waals surface area contributed by atoms with Gasteiger partial charge in [0.2, 0.25) is 0 Å². The van der Waals surface area contributed by atoms with Gasteiger partial charge in [0.05, 0.1) is 7.11 Å². The lowest BCUT2D eigenvalue weighted by Crippen LogP contribution is -2.13. The minimum absolute atomic E-state index is 0.0115. The fourth-order valence-corrected chi connectivity index (χ4v) is 3.28. The second-order valence-corrected chi connectivity index (χ2v) is 7.24. The number of methoxy groups -OCH3 is 1. The average Bonchev–Trinajstić information content (AvgIpc) is 2.74. The highest BCUT2D eigenvalue weighted by molar-refractivity contribution is 6.31. The zero-order chi connectivity index (χ0) is 21.5. The lowest BCUT2D eigenvalue weighted by Gasteiger charge is -2.11. The highest BCUT2D eigenvalue weighted by atomic mass is 35.5. The number of nitriles is 1. The van der Waals surface area contributed by atoms with Crippen LogP contribution in [0.15, 0.2) is 72.3 Å². The van der Waals surface area contributed by atoms with Crippen molar-refractivity contribution in [3.63, 3.8) is 0 Å². The molecule has 0 radical (unpaired) electrons. The molecule has 0 bridgehead atoms. The number of halogens is 1. The molecular formula is C25H21ClN2O2. The first-order valence-electron chi connectivity index (χ1n) is 9.40. The Morgan fingerprint density at radius 3 is 2.60 bits per heavy atom. The number of carbonyl (C=O) groups excluding carboxylic acids is 1. The van der Waals surface area contributed by atoms with Gasteiger partial charge in [-0.05, 0) is 59.5 Å². The van der Waals surface area contributed by atoms with E-state index < -0.39 is 5.91 Å². The van der Waals surface area contributed by atoms with Gasteiger partial charge < -0.3 is 10.1 Å². The lowest BCUT2D eigenvalue weighted by atomic mass is 10.0. The van der Waals surface area contributed by atoms with Gasteiger partial charge in [-0.2, -0.15) is 5.26 Å². The monoisotopic (exact) mass is 416 g/mol. The lowest BCUT2D eigenvalue weighted by molar-refractivity contribution is -0.112. The van der Waals surface area contributed by atoms with Crippen molar-refractivity contribution in [1.29, 1.82) is 5.26 Å². The second kappa shape index (κ2) is 9.78. The SMILES string of the molecule is COc1cc(/C=C(\C#N)C(=O)Nc2cccc(C)c2)ccc1Cc1ccccc1Cl. The molecule has 3 aromatic rings. The summed E-state index contributed by atoms with van der Waals surface area (Å²) in [7, 11) is 1.59. The third-order valence-electron chi connectivity index (χ3n) is 4.60. The second-order valence-electron chi connectivity index (χ2n) is 6.83. The summed E-state index contributed by atoms with van der Waals surface area (Å²) in [6.45, 7) is 1.94. The molecule has 3 aromatic carbocycles. The largest absolute Gasteiger partial charge is 0.496 e. The van der Waals surface area contributed by atoms with Crippen LogP contribution in [0.5, 0.6) is 5.75 Å². The molecule has 0 heterocycles. The number of hydrogen-bond acceptors (Lipinski definition) is 3. The Morgan fingerprint density at radius 1 is 1.10 bits per heavy atom. The molecule has 0 aliphatic rings. The Hall–Kier alpha value is -3.55. The quantitative estimate of drug-likeness (QED) is 0.408. The topological polar surface area (TPSA) is 62.1 Å². The number of amides is 1. The summed E-state index contributed by atoms with van der Waals surface area (Å²) in [5.74, 6) is 0.210. The van der Waals surface area contributed by atoms with Crippen molar-refractivity contribution in [2.75, 3.05) is 12.4 Å². The van der Waals surface area contributed by atoms with Crippen LogP contribution in [-0.2, 0) is 11.2 Å². The van der Waals surface area contributed by atoms with Crippen molar-refractivity contribution in [3.8, 4) is 11.8 Å². The Kier molecular flexibility index (Phi) is 6.90. The first kappa shape index (κ1) is 21.2. The van der Waals surface area contributed by atoms with E-state index in [-0.39, 0.29) is 5.57 Å². The predicted octanol–water partition coefficient (Wildman–Crippen LogP) is 5.79. The van der Waals surface area contributed by atoms with Crippen molar-refractivity contribution in [2.45, 2.75) is 13.3 Å². The van der Waals surface area contributed by atoms with E-state index in [9.17, 15) is 10.1 Å². The molecule has 1 N–H and O–H groups in total. The maximum absolute atomic E-state index is 12.5. The molecule has 0 unspecified atom stereocenters. The predicted molar refractivity (Wildman–Crippen MR) is 121 cm³/mol. The number of carbonyl (C=O) groups is 1. The van der Waals surface area contributed by atoms with Gasteiger partial charge >= 0.3 is 0 Å². The number of ether oxygens (including phenoxy) is 1. The molecule has 0 saturated carbocycles. The number of nitrogens with one attached hydrogen (secondary N) is 1. The van der Waals surface area contributed by atoms with Crippen LogP contribution in [0.4, 0.5) is 5.69 Å². The molecule has 150 valence electrons. The Labute approximate surface area is 181 Å². The van der Waals surface area contributed by atoms with Gasteiger partial charge in [-0.1, -0.05) is 54.1 Å². The van der Waals surface area contributed by atoms with E-state index in [1.54, 1.807) is 19.3 Å². The maximum atomic E-state index is 12.5. The van der Waals surface area contributed by atoms with Crippen LogP contribution in [0.1, 0.15) is 22.3 Å². The smallest absolute Gasteiger partial charge is 0.266 e.